The number of ether oxygens (including phenoxy) is 1. The Hall–Kier alpha value is -1.71. The lowest BCUT2D eigenvalue weighted by Crippen LogP contribution is -2.37. The molecule has 1 unspecified atom stereocenters. The van der Waals surface area contributed by atoms with Gasteiger partial charge in [0.2, 0.25) is 0 Å². The predicted octanol–water partition coefficient (Wildman–Crippen LogP) is 1.44. The number of rotatable bonds is 3. The summed E-state index contributed by atoms with van der Waals surface area (Å²) in [5.41, 5.74) is 2.35. The van der Waals surface area contributed by atoms with E-state index in [1.54, 1.807) is 7.11 Å². The fraction of sp³-hybridized carbons (Fsp3) is 0.462. The van der Waals surface area contributed by atoms with E-state index in [2.05, 4.69) is 41.6 Å². The third kappa shape index (κ3) is 2.90. The van der Waals surface area contributed by atoms with Crippen LogP contribution >= 0.6 is 0 Å². The van der Waals surface area contributed by atoms with E-state index in [1.165, 1.54) is 5.56 Å². The van der Waals surface area contributed by atoms with Gasteiger partial charge in [-0.2, -0.15) is 0 Å². The molecule has 0 fully saturated rings. The summed E-state index contributed by atoms with van der Waals surface area (Å²) >= 11 is 0. The first-order chi connectivity index (χ1) is 8.19. The SMILES string of the molecule is COc1cc(C)ccc1CNC1=NCC(C)N1. The minimum Gasteiger partial charge on any atom is -0.496 e. The van der Waals surface area contributed by atoms with E-state index < -0.39 is 0 Å². The molecule has 0 radical (unpaired) electrons. The molecule has 0 bridgehead atoms. The summed E-state index contributed by atoms with van der Waals surface area (Å²) in [6.07, 6.45) is 0. The highest BCUT2D eigenvalue weighted by molar-refractivity contribution is 5.81. The number of aliphatic imine (C=N–C) groups is 1. The van der Waals surface area contributed by atoms with Crippen LogP contribution in [0.15, 0.2) is 23.2 Å². The fourth-order valence-electron chi connectivity index (χ4n) is 1.84. The van der Waals surface area contributed by atoms with E-state index >= 15 is 0 Å². The number of benzene rings is 1. The summed E-state index contributed by atoms with van der Waals surface area (Å²) in [7, 11) is 1.70. The summed E-state index contributed by atoms with van der Waals surface area (Å²) in [6, 6.07) is 6.65. The molecule has 1 aromatic rings. The van der Waals surface area contributed by atoms with Gasteiger partial charge >= 0.3 is 0 Å². The third-order valence-electron chi connectivity index (χ3n) is 2.80. The van der Waals surface area contributed by atoms with Crippen LogP contribution in [0.2, 0.25) is 0 Å². The topological polar surface area (TPSA) is 45.6 Å². The van der Waals surface area contributed by atoms with Crippen LogP contribution in [0.3, 0.4) is 0 Å². The van der Waals surface area contributed by atoms with Crippen LogP contribution in [0.1, 0.15) is 18.1 Å². The Balaban J connectivity index is 1.99. The minimum absolute atomic E-state index is 0.428. The van der Waals surface area contributed by atoms with E-state index in [9.17, 15) is 0 Å². The van der Waals surface area contributed by atoms with Gasteiger partial charge in [-0.1, -0.05) is 12.1 Å². The molecule has 0 aromatic heterocycles. The molecule has 1 aliphatic heterocycles. The minimum atomic E-state index is 0.428. The van der Waals surface area contributed by atoms with E-state index in [-0.39, 0.29) is 0 Å². The zero-order chi connectivity index (χ0) is 12.3. The van der Waals surface area contributed by atoms with Gasteiger partial charge in [-0.25, -0.2) is 0 Å². The average molecular weight is 233 g/mol. The van der Waals surface area contributed by atoms with Crippen molar-refractivity contribution in [1.29, 1.82) is 0 Å². The van der Waals surface area contributed by atoms with Crippen molar-refractivity contribution < 1.29 is 4.74 Å². The number of nitrogens with zero attached hydrogens (tertiary/aromatic N) is 1. The molecule has 0 saturated carbocycles. The zero-order valence-electron chi connectivity index (χ0n) is 10.6. The van der Waals surface area contributed by atoms with Gasteiger partial charge in [-0.15, -0.1) is 0 Å². The highest BCUT2D eigenvalue weighted by Crippen LogP contribution is 2.19. The van der Waals surface area contributed by atoms with Crippen molar-refractivity contribution >= 4 is 5.96 Å². The highest BCUT2D eigenvalue weighted by Gasteiger charge is 2.12. The quantitative estimate of drug-likeness (QED) is 0.830. The molecule has 4 heteroatoms. The first-order valence-electron chi connectivity index (χ1n) is 5.87. The van der Waals surface area contributed by atoms with Crippen LogP contribution in [0.5, 0.6) is 5.75 Å². The summed E-state index contributed by atoms with van der Waals surface area (Å²) in [6.45, 7) is 5.74. The Kier molecular flexibility index (Phi) is 3.52. The second kappa shape index (κ2) is 5.08. The van der Waals surface area contributed by atoms with E-state index in [0.29, 0.717) is 6.04 Å². The van der Waals surface area contributed by atoms with Crippen molar-refractivity contribution in [3.05, 3.63) is 29.3 Å². The largest absolute Gasteiger partial charge is 0.496 e. The number of aryl methyl sites for hydroxylation is 1. The number of methoxy groups -OCH3 is 1. The standard InChI is InChI=1S/C13H19N3O/c1-9-4-5-11(12(6-9)17-3)8-15-13-14-7-10(2)16-13/h4-6,10H,7-8H2,1-3H3,(H2,14,15,16). The molecule has 17 heavy (non-hydrogen) atoms. The molecule has 0 aliphatic carbocycles. The maximum Gasteiger partial charge on any atom is 0.191 e. The first-order valence-corrected chi connectivity index (χ1v) is 5.87. The molecule has 1 heterocycles. The van der Waals surface area contributed by atoms with E-state index in [4.69, 9.17) is 4.74 Å². The molecule has 4 nitrogen and oxygen atoms in total. The Labute approximate surface area is 102 Å². The monoisotopic (exact) mass is 233 g/mol. The fourth-order valence-corrected chi connectivity index (χ4v) is 1.84. The number of guanidine groups is 1. The molecular weight excluding hydrogens is 214 g/mol. The molecule has 92 valence electrons. The maximum absolute atomic E-state index is 5.36. The molecule has 1 aromatic carbocycles. The number of hydrogen-bond acceptors (Lipinski definition) is 4. The normalized spacial score (nSPS) is 18.5. The zero-order valence-corrected chi connectivity index (χ0v) is 10.6. The molecule has 2 N–H and O–H groups in total. The Morgan fingerprint density at radius 1 is 1.53 bits per heavy atom. The van der Waals surface area contributed by atoms with Crippen LogP contribution in [-0.4, -0.2) is 25.7 Å². The third-order valence-corrected chi connectivity index (χ3v) is 2.80. The van der Waals surface area contributed by atoms with Crippen LogP contribution in [0.4, 0.5) is 0 Å². The molecule has 1 aliphatic rings. The Bertz CT molecular complexity index is 429. The average Bonchev–Trinajstić information content (AvgIpc) is 2.73. The van der Waals surface area contributed by atoms with E-state index in [0.717, 1.165) is 30.4 Å². The van der Waals surface area contributed by atoms with Crippen LogP contribution < -0.4 is 15.4 Å². The van der Waals surface area contributed by atoms with Gasteiger partial charge in [0.05, 0.1) is 13.7 Å². The van der Waals surface area contributed by atoms with Gasteiger partial charge in [0.15, 0.2) is 5.96 Å². The molecule has 0 amide bonds. The van der Waals surface area contributed by atoms with E-state index in [1.807, 2.05) is 6.07 Å². The lowest BCUT2D eigenvalue weighted by atomic mass is 10.1. The number of nitrogens with one attached hydrogen (secondary N) is 2. The smallest absolute Gasteiger partial charge is 0.191 e. The molecular formula is C13H19N3O. The van der Waals surface area contributed by atoms with Crippen LogP contribution in [-0.2, 0) is 6.54 Å². The Morgan fingerprint density at radius 3 is 3.00 bits per heavy atom. The second-order valence-corrected chi connectivity index (χ2v) is 4.40. The summed E-state index contributed by atoms with van der Waals surface area (Å²) in [4.78, 5) is 4.36. The highest BCUT2D eigenvalue weighted by atomic mass is 16.5. The first kappa shape index (κ1) is 11.8. The molecule has 1 atom stereocenters. The second-order valence-electron chi connectivity index (χ2n) is 4.40. The van der Waals surface area contributed by atoms with Crippen LogP contribution in [0, 0.1) is 6.92 Å². The van der Waals surface area contributed by atoms with Crippen molar-refractivity contribution in [2.75, 3.05) is 13.7 Å². The molecule has 0 spiro atoms. The lowest BCUT2D eigenvalue weighted by molar-refractivity contribution is 0.408. The predicted molar refractivity (Wildman–Crippen MR) is 69.5 cm³/mol. The summed E-state index contributed by atoms with van der Waals surface area (Å²) < 4.78 is 5.36. The van der Waals surface area contributed by atoms with Gasteiger partial charge in [-0.05, 0) is 25.5 Å². The van der Waals surface area contributed by atoms with Crippen molar-refractivity contribution in [3.63, 3.8) is 0 Å². The van der Waals surface area contributed by atoms with Crippen LogP contribution in [0.25, 0.3) is 0 Å². The Morgan fingerprint density at radius 2 is 2.35 bits per heavy atom. The van der Waals surface area contributed by atoms with Crippen molar-refractivity contribution in [1.82, 2.24) is 10.6 Å². The number of hydrogen-bond donors (Lipinski definition) is 2. The molecule has 0 saturated heterocycles. The van der Waals surface area contributed by atoms with Crippen molar-refractivity contribution in [2.24, 2.45) is 4.99 Å². The van der Waals surface area contributed by atoms with Gasteiger partial charge in [0.1, 0.15) is 5.75 Å². The molecule has 2 rings (SSSR count). The maximum atomic E-state index is 5.36. The summed E-state index contributed by atoms with van der Waals surface area (Å²) in [5, 5.41) is 6.55. The van der Waals surface area contributed by atoms with Gasteiger partial charge in [-0.3, -0.25) is 4.99 Å². The van der Waals surface area contributed by atoms with Crippen molar-refractivity contribution in [2.45, 2.75) is 26.4 Å². The summed E-state index contributed by atoms with van der Waals surface area (Å²) in [5.74, 6) is 1.80. The van der Waals surface area contributed by atoms with Gasteiger partial charge in [0.25, 0.3) is 0 Å². The lowest BCUT2D eigenvalue weighted by Gasteiger charge is -2.12. The van der Waals surface area contributed by atoms with Crippen molar-refractivity contribution in [3.8, 4) is 5.75 Å². The van der Waals surface area contributed by atoms with Gasteiger partial charge in [0, 0.05) is 18.2 Å². The van der Waals surface area contributed by atoms with Gasteiger partial charge < -0.3 is 15.4 Å².